The van der Waals surface area contributed by atoms with E-state index < -0.39 is 0 Å². The molecule has 1 N–H and O–H groups in total. The lowest BCUT2D eigenvalue weighted by Gasteiger charge is -2.58. The van der Waals surface area contributed by atoms with Crippen molar-refractivity contribution in [1.82, 2.24) is 0 Å². The summed E-state index contributed by atoms with van der Waals surface area (Å²) in [4.78, 5) is 0. The molecule has 0 saturated heterocycles. The average molecular weight is 387 g/mol. The van der Waals surface area contributed by atoms with Crippen LogP contribution in [0, 0.1) is 46.3 Å². The van der Waals surface area contributed by atoms with Gasteiger partial charge in [0.15, 0.2) is 0 Å². The fourth-order valence-electron chi connectivity index (χ4n) is 8.67. The van der Waals surface area contributed by atoms with Crippen LogP contribution in [-0.4, -0.2) is 11.2 Å². The van der Waals surface area contributed by atoms with Gasteiger partial charge in [0.1, 0.15) is 0 Å². The zero-order valence-electron chi connectivity index (χ0n) is 19.3. The molecule has 0 unspecified atom stereocenters. The van der Waals surface area contributed by atoms with Crippen LogP contribution in [0.25, 0.3) is 0 Å². The van der Waals surface area contributed by atoms with E-state index in [4.69, 9.17) is 0 Å². The van der Waals surface area contributed by atoms with Crippen LogP contribution in [0.3, 0.4) is 0 Å². The first-order valence-electron chi connectivity index (χ1n) is 12.6. The molecule has 3 fully saturated rings. The molecule has 8 atom stereocenters. The Labute approximate surface area is 174 Å². The zero-order chi connectivity index (χ0) is 20.1. The molecule has 0 spiro atoms. The lowest BCUT2D eigenvalue weighted by atomic mass is 9.47. The highest BCUT2D eigenvalue weighted by Crippen LogP contribution is 2.67. The molecule has 0 radical (unpaired) electrons. The Morgan fingerprint density at radius 2 is 1.79 bits per heavy atom. The van der Waals surface area contributed by atoms with Crippen molar-refractivity contribution in [1.29, 1.82) is 0 Å². The predicted octanol–water partition coefficient (Wildman–Crippen LogP) is 7.39. The molecular formula is C27H46O. The van der Waals surface area contributed by atoms with Crippen LogP contribution in [0.5, 0.6) is 0 Å². The van der Waals surface area contributed by atoms with Gasteiger partial charge in [-0.05, 0) is 97.7 Å². The fraction of sp³-hybridized carbons (Fsp3) is 0.926. The standard InChI is InChI=1S/C27H46O/c1-18(2)7-6-8-19(3)23-11-12-24-22-10-9-20-17-21(28)13-15-26(20,4)25(22)14-16-27(23,24)5/h9,18-19,21-25,28H,6-8,10-17H2,1-5H3/t19-,21+,22+,23-,24-,25-,26+,27+/m1/s1. The van der Waals surface area contributed by atoms with Crippen LogP contribution < -0.4 is 0 Å². The van der Waals surface area contributed by atoms with Crippen LogP contribution in [0.2, 0.25) is 0 Å². The lowest BCUT2D eigenvalue weighted by Crippen LogP contribution is -2.50. The number of hydrogen-bond acceptors (Lipinski definition) is 1. The van der Waals surface area contributed by atoms with Gasteiger partial charge in [-0.3, -0.25) is 0 Å². The number of hydrogen-bond donors (Lipinski definition) is 1. The van der Waals surface area contributed by atoms with Crippen molar-refractivity contribution in [2.45, 2.75) is 111 Å². The monoisotopic (exact) mass is 386 g/mol. The highest BCUT2D eigenvalue weighted by Gasteiger charge is 2.59. The summed E-state index contributed by atoms with van der Waals surface area (Å²) in [6, 6.07) is 0. The van der Waals surface area contributed by atoms with Crippen LogP contribution in [0.15, 0.2) is 11.6 Å². The van der Waals surface area contributed by atoms with Crippen LogP contribution in [-0.2, 0) is 0 Å². The Balaban J connectivity index is 1.49. The molecule has 160 valence electrons. The second-order valence-electron chi connectivity index (χ2n) is 12.2. The van der Waals surface area contributed by atoms with Gasteiger partial charge >= 0.3 is 0 Å². The molecule has 0 aromatic carbocycles. The first-order valence-corrected chi connectivity index (χ1v) is 12.6. The quantitative estimate of drug-likeness (QED) is 0.488. The van der Waals surface area contributed by atoms with Gasteiger partial charge in [0.05, 0.1) is 6.10 Å². The zero-order valence-corrected chi connectivity index (χ0v) is 19.3. The highest BCUT2D eigenvalue weighted by molar-refractivity contribution is 5.25. The molecule has 0 aromatic rings. The van der Waals surface area contributed by atoms with E-state index in [1.165, 1.54) is 57.8 Å². The molecular weight excluding hydrogens is 340 g/mol. The summed E-state index contributed by atoms with van der Waals surface area (Å²) in [5.74, 6) is 5.46. The van der Waals surface area contributed by atoms with Crippen molar-refractivity contribution in [3.8, 4) is 0 Å². The van der Waals surface area contributed by atoms with Crippen molar-refractivity contribution >= 4 is 0 Å². The van der Waals surface area contributed by atoms with Gasteiger partial charge < -0.3 is 5.11 Å². The van der Waals surface area contributed by atoms with Gasteiger partial charge in [0.25, 0.3) is 0 Å². The SMILES string of the molecule is CC(C)CCC[C@@H](C)[C@H]1CC[C@@H]2[C@@H]3CC=C4C[C@@H](O)CC[C@]4(C)[C@@H]3CC[C@]21C. The normalized spacial score (nSPS) is 46.5. The van der Waals surface area contributed by atoms with Gasteiger partial charge in [-0.25, -0.2) is 0 Å². The van der Waals surface area contributed by atoms with Crippen molar-refractivity contribution in [3.63, 3.8) is 0 Å². The van der Waals surface area contributed by atoms with E-state index in [1.54, 1.807) is 5.57 Å². The molecule has 28 heavy (non-hydrogen) atoms. The van der Waals surface area contributed by atoms with Gasteiger partial charge in [0.2, 0.25) is 0 Å². The number of allylic oxidation sites excluding steroid dienone is 1. The topological polar surface area (TPSA) is 20.2 Å². The molecule has 4 aliphatic rings. The molecule has 0 aromatic heterocycles. The molecule has 0 heterocycles. The molecule has 0 bridgehead atoms. The number of rotatable bonds is 5. The Bertz CT molecular complexity index is 591. The second-order valence-corrected chi connectivity index (χ2v) is 12.2. The minimum Gasteiger partial charge on any atom is -0.393 e. The van der Waals surface area contributed by atoms with Crippen molar-refractivity contribution in [2.75, 3.05) is 0 Å². The molecule has 4 aliphatic carbocycles. The Kier molecular flexibility index (Phi) is 5.80. The summed E-state index contributed by atoms with van der Waals surface area (Å²) in [5, 5.41) is 10.2. The summed E-state index contributed by atoms with van der Waals surface area (Å²) in [6.45, 7) is 12.6. The van der Waals surface area contributed by atoms with Crippen molar-refractivity contribution < 1.29 is 5.11 Å². The van der Waals surface area contributed by atoms with Gasteiger partial charge in [0, 0.05) is 0 Å². The third kappa shape index (κ3) is 3.42. The van der Waals surface area contributed by atoms with Crippen molar-refractivity contribution in [3.05, 3.63) is 11.6 Å². The summed E-state index contributed by atoms with van der Waals surface area (Å²) < 4.78 is 0. The smallest absolute Gasteiger partial charge is 0.0577 e. The van der Waals surface area contributed by atoms with Gasteiger partial charge in [-0.15, -0.1) is 0 Å². The maximum atomic E-state index is 10.2. The first-order chi connectivity index (χ1) is 13.3. The molecule has 3 saturated carbocycles. The number of aliphatic hydroxyl groups excluding tert-OH is 1. The number of fused-ring (bicyclic) bond motifs is 5. The predicted molar refractivity (Wildman–Crippen MR) is 119 cm³/mol. The van der Waals surface area contributed by atoms with Gasteiger partial charge in [-0.2, -0.15) is 0 Å². The minimum absolute atomic E-state index is 0.0766. The highest BCUT2D eigenvalue weighted by atomic mass is 16.3. The maximum absolute atomic E-state index is 10.2. The largest absolute Gasteiger partial charge is 0.393 e. The van der Waals surface area contributed by atoms with E-state index in [-0.39, 0.29) is 6.10 Å². The summed E-state index contributed by atoms with van der Waals surface area (Å²) in [7, 11) is 0. The molecule has 0 amide bonds. The van der Waals surface area contributed by atoms with E-state index >= 15 is 0 Å². The second kappa shape index (κ2) is 7.75. The third-order valence-electron chi connectivity index (χ3n) is 10.3. The summed E-state index contributed by atoms with van der Waals surface area (Å²) in [5.41, 5.74) is 2.60. The van der Waals surface area contributed by atoms with E-state index in [1.807, 2.05) is 0 Å². The Hall–Kier alpha value is -0.300. The van der Waals surface area contributed by atoms with E-state index in [2.05, 4.69) is 40.7 Å². The average Bonchev–Trinajstić information content (AvgIpc) is 2.99. The third-order valence-corrected chi connectivity index (χ3v) is 10.3. The first kappa shape index (κ1) is 21.0. The fourth-order valence-corrected chi connectivity index (χ4v) is 8.67. The van der Waals surface area contributed by atoms with Gasteiger partial charge in [-0.1, -0.05) is 65.5 Å². The summed E-state index contributed by atoms with van der Waals surface area (Å²) >= 11 is 0. The summed E-state index contributed by atoms with van der Waals surface area (Å²) in [6.07, 6.45) is 17.2. The Morgan fingerprint density at radius 3 is 2.54 bits per heavy atom. The van der Waals surface area contributed by atoms with Crippen LogP contribution >= 0.6 is 0 Å². The lowest BCUT2D eigenvalue weighted by molar-refractivity contribution is -0.0573. The van der Waals surface area contributed by atoms with Crippen LogP contribution in [0.1, 0.15) is 105 Å². The Morgan fingerprint density at radius 1 is 1.00 bits per heavy atom. The van der Waals surface area contributed by atoms with E-state index in [0.717, 1.165) is 48.3 Å². The minimum atomic E-state index is -0.0766. The van der Waals surface area contributed by atoms with Crippen LogP contribution in [0.4, 0.5) is 0 Å². The molecule has 0 aliphatic heterocycles. The van der Waals surface area contributed by atoms with Crippen molar-refractivity contribution in [2.24, 2.45) is 46.3 Å². The number of aliphatic hydroxyl groups is 1. The molecule has 4 rings (SSSR count). The van der Waals surface area contributed by atoms with E-state index in [0.29, 0.717) is 10.8 Å². The van der Waals surface area contributed by atoms with E-state index in [9.17, 15) is 5.11 Å². The maximum Gasteiger partial charge on any atom is 0.0577 e. The molecule has 1 heteroatoms. The molecule has 1 nitrogen and oxygen atoms in total.